The average molecular weight is 397 g/mol. The summed E-state index contributed by atoms with van der Waals surface area (Å²) in [6.45, 7) is 0. The molecule has 0 fully saturated rings. The fourth-order valence-corrected chi connectivity index (χ4v) is 4.19. The lowest BCUT2D eigenvalue weighted by atomic mass is 10.2. The molecule has 5 aromatic rings. The van der Waals surface area contributed by atoms with Gasteiger partial charge in [0, 0.05) is 4.47 Å². The Kier molecular flexibility index (Phi) is 2.99. The number of rotatable bonds is 1. The highest BCUT2D eigenvalue weighted by molar-refractivity contribution is 9.10. The van der Waals surface area contributed by atoms with Gasteiger partial charge in [0.05, 0.1) is 32.8 Å². The molecule has 0 aliphatic carbocycles. The maximum absolute atomic E-state index is 6.53. The number of benzene rings is 3. The van der Waals surface area contributed by atoms with E-state index in [-0.39, 0.29) is 0 Å². The predicted octanol–water partition coefficient (Wildman–Crippen LogP) is 5.85. The van der Waals surface area contributed by atoms with Crippen LogP contribution in [0.2, 0.25) is 5.02 Å². The minimum Gasteiger partial charge on any atom is -0.276 e. The van der Waals surface area contributed by atoms with Crippen LogP contribution in [0, 0.1) is 0 Å². The molecule has 0 amide bonds. The van der Waals surface area contributed by atoms with Gasteiger partial charge < -0.3 is 0 Å². The third-order valence-corrected chi connectivity index (χ3v) is 5.21. The number of hydrogen-bond acceptors (Lipinski definition) is 1. The number of hydrogen-bond donors (Lipinski definition) is 0. The summed E-state index contributed by atoms with van der Waals surface area (Å²) in [4.78, 5) is 4.86. The van der Waals surface area contributed by atoms with Gasteiger partial charge in [0.25, 0.3) is 0 Å². The molecule has 0 saturated carbocycles. The molecule has 0 atom stereocenters. The van der Waals surface area contributed by atoms with Crippen molar-refractivity contribution in [3.8, 4) is 5.69 Å². The van der Waals surface area contributed by atoms with Crippen LogP contribution in [-0.2, 0) is 0 Å². The molecule has 3 nitrogen and oxygen atoms in total. The van der Waals surface area contributed by atoms with E-state index >= 15 is 0 Å². The molecule has 0 aliphatic rings. The first kappa shape index (κ1) is 14.1. The maximum Gasteiger partial charge on any atom is 0.220 e. The van der Waals surface area contributed by atoms with Gasteiger partial charge >= 0.3 is 0 Å². The van der Waals surface area contributed by atoms with Gasteiger partial charge in [0.2, 0.25) is 5.78 Å². The molecule has 0 saturated heterocycles. The predicted molar refractivity (Wildman–Crippen MR) is 102 cm³/mol. The topological polar surface area (TPSA) is 22.2 Å². The summed E-state index contributed by atoms with van der Waals surface area (Å²) in [7, 11) is 0. The number of aromatic nitrogens is 3. The monoisotopic (exact) mass is 395 g/mol. The number of imidazole rings is 2. The number of para-hydroxylation sites is 5. The highest BCUT2D eigenvalue weighted by Gasteiger charge is 2.19. The van der Waals surface area contributed by atoms with Crippen LogP contribution in [0.5, 0.6) is 0 Å². The van der Waals surface area contributed by atoms with Crippen molar-refractivity contribution in [3.63, 3.8) is 0 Å². The molecule has 0 spiro atoms. The van der Waals surface area contributed by atoms with Crippen molar-refractivity contribution in [3.05, 3.63) is 76.2 Å². The van der Waals surface area contributed by atoms with E-state index in [1.165, 1.54) is 0 Å². The lowest BCUT2D eigenvalue weighted by molar-refractivity contribution is 1.10. The molecular formula is C19H11BrClN3. The van der Waals surface area contributed by atoms with Gasteiger partial charge in [-0.25, -0.2) is 4.98 Å². The summed E-state index contributed by atoms with van der Waals surface area (Å²) < 4.78 is 5.23. The Labute approximate surface area is 151 Å². The van der Waals surface area contributed by atoms with Crippen LogP contribution < -0.4 is 0 Å². The molecule has 0 bridgehead atoms. The summed E-state index contributed by atoms with van der Waals surface area (Å²) in [5.74, 6) is 0.853. The largest absolute Gasteiger partial charge is 0.276 e. The van der Waals surface area contributed by atoms with Gasteiger partial charge in [0.1, 0.15) is 0 Å². The molecule has 2 aromatic heterocycles. The number of fused-ring (bicyclic) bond motifs is 5. The normalized spacial score (nSPS) is 11.8. The van der Waals surface area contributed by atoms with Crippen LogP contribution in [0.4, 0.5) is 0 Å². The van der Waals surface area contributed by atoms with E-state index in [0.29, 0.717) is 5.02 Å². The van der Waals surface area contributed by atoms with Crippen molar-refractivity contribution >= 4 is 55.4 Å². The molecule has 0 N–H and O–H groups in total. The van der Waals surface area contributed by atoms with Crippen molar-refractivity contribution in [2.24, 2.45) is 0 Å². The number of halogens is 2. The van der Waals surface area contributed by atoms with E-state index in [1.54, 1.807) is 0 Å². The van der Waals surface area contributed by atoms with Crippen molar-refractivity contribution < 1.29 is 0 Å². The molecule has 0 unspecified atom stereocenters. The Morgan fingerprint density at radius 1 is 0.792 bits per heavy atom. The van der Waals surface area contributed by atoms with E-state index in [4.69, 9.17) is 16.6 Å². The first-order valence-corrected chi connectivity index (χ1v) is 8.74. The van der Waals surface area contributed by atoms with Gasteiger partial charge in [0.15, 0.2) is 0 Å². The van der Waals surface area contributed by atoms with E-state index < -0.39 is 0 Å². The Morgan fingerprint density at radius 2 is 1.50 bits per heavy atom. The first-order valence-electron chi connectivity index (χ1n) is 7.57. The summed E-state index contributed by atoms with van der Waals surface area (Å²) in [5, 5.41) is 0.680. The standard InChI is InChI=1S/C19H11BrClN3/c20-12-6-5-7-13(21)18(12)24-17-11-4-3-10-16(17)23-15-9-2-1-8-14(15)22-19(23)24/h1-11H. The molecule has 2 heterocycles. The van der Waals surface area contributed by atoms with Gasteiger partial charge in [-0.05, 0) is 52.3 Å². The van der Waals surface area contributed by atoms with Gasteiger partial charge in [-0.2, -0.15) is 0 Å². The molecule has 5 heteroatoms. The second-order valence-electron chi connectivity index (χ2n) is 5.63. The van der Waals surface area contributed by atoms with Crippen LogP contribution in [0.25, 0.3) is 33.5 Å². The van der Waals surface area contributed by atoms with Crippen molar-refractivity contribution in [2.75, 3.05) is 0 Å². The van der Waals surface area contributed by atoms with E-state index in [9.17, 15) is 0 Å². The van der Waals surface area contributed by atoms with Gasteiger partial charge in [-0.1, -0.05) is 41.9 Å². The van der Waals surface area contributed by atoms with Crippen LogP contribution in [0.1, 0.15) is 0 Å². The van der Waals surface area contributed by atoms with E-state index in [0.717, 1.165) is 38.0 Å². The fraction of sp³-hybridized carbons (Fsp3) is 0. The Morgan fingerprint density at radius 3 is 2.29 bits per heavy atom. The van der Waals surface area contributed by atoms with Crippen molar-refractivity contribution in [2.45, 2.75) is 0 Å². The third-order valence-electron chi connectivity index (χ3n) is 4.27. The zero-order valence-corrected chi connectivity index (χ0v) is 14.8. The number of nitrogens with zero attached hydrogens (tertiary/aromatic N) is 3. The highest BCUT2D eigenvalue weighted by atomic mass is 79.9. The summed E-state index contributed by atoms with van der Waals surface area (Å²) in [5.41, 5.74) is 5.13. The molecule has 24 heavy (non-hydrogen) atoms. The van der Waals surface area contributed by atoms with Crippen LogP contribution >= 0.6 is 27.5 Å². The molecule has 0 radical (unpaired) electrons. The molecule has 0 aliphatic heterocycles. The molecular weight excluding hydrogens is 386 g/mol. The van der Waals surface area contributed by atoms with Crippen LogP contribution in [0.15, 0.2) is 71.2 Å². The fourth-order valence-electron chi connectivity index (χ4n) is 3.27. The summed E-state index contributed by atoms with van der Waals surface area (Å²) in [6, 6.07) is 22.3. The molecule has 116 valence electrons. The third kappa shape index (κ3) is 1.81. The van der Waals surface area contributed by atoms with Crippen molar-refractivity contribution in [1.82, 2.24) is 14.0 Å². The quantitative estimate of drug-likeness (QED) is 0.348. The van der Waals surface area contributed by atoms with Crippen molar-refractivity contribution in [1.29, 1.82) is 0 Å². The lowest BCUT2D eigenvalue weighted by Crippen LogP contribution is -1.97. The molecule has 5 rings (SSSR count). The summed E-state index contributed by atoms with van der Waals surface area (Å²) in [6.07, 6.45) is 0. The van der Waals surface area contributed by atoms with Gasteiger partial charge in [-0.3, -0.25) is 8.97 Å². The van der Waals surface area contributed by atoms with E-state index in [1.807, 2.05) is 48.5 Å². The average Bonchev–Trinajstić information content (AvgIpc) is 3.10. The minimum absolute atomic E-state index is 0.680. The zero-order chi connectivity index (χ0) is 16.3. The Hall–Kier alpha value is -2.30. The lowest BCUT2D eigenvalue weighted by Gasteiger charge is -2.09. The van der Waals surface area contributed by atoms with E-state index in [2.05, 4.69) is 43.1 Å². The Balaban J connectivity index is 2.08. The zero-order valence-electron chi connectivity index (χ0n) is 12.4. The van der Waals surface area contributed by atoms with Crippen LogP contribution in [0.3, 0.4) is 0 Å². The minimum atomic E-state index is 0.680. The maximum atomic E-state index is 6.53. The smallest absolute Gasteiger partial charge is 0.220 e. The SMILES string of the molecule is Clc1cccc(Br)c1-n1c2ccccc2n2c3ccccc3nc12. The van der Waals surface area contributed by atoms with Gasteiger partial charge in [-0.15, -0.1) is 0 Å². The highest BCUT2D eigenvalue weighted by Crippen LogP contribution is 2.35. The summed E-state index contributed by atoms with van der Waals surface area (Å²) >= 11 is 10.2. The molecule has 3 aromatic carbocycles. The Bertz CT molecular complexity index is 1220. The second kappa shape index (κ2) is 5.10. The van der Waals surface area contributed by atoms with Crippen LogP contribution in [-0.4, -0.2) is 14.0 Å². The first-order chi connectivity index (χ1) is 11.8. The second-order valence-corrected chi connectivity index (χ2v) is 6.89.